The Hall–Kier alpha value is -1.71. The monoisotopic (exact) mass is 303 g/mol. The summed E-state index contributed by atoms with van der Waals surface area (Å²) in [6.07, 6.45) is 1.40. The highest BCUT2D eigenvalue weighted by Gasteiger charge is 2.33. The molecule has 22 heavy (non-hydrogen) atoms. The summed E-state index contributed by atoms with van der Waals surface area (Å²) in [4.78, 5) is 4.71. The van der Waals surface area contributed by atoms with Gasteiger partial charge in [0.1, 0.15) is 5.75 Å². The van der Waals surface area contributed by atoms with Crippen LogP contribution in [0, 0.1) is 12.8 Å². The zero-order valence-electron chi connectivity index (χ0n) is 14.4. The Balaban J connectivity index is 2.08. The van der Waals surface area contributed by atoms with Crippen molar-refractivity contribution in [2.75, 3.05) is 6.54 Å². The van der Waals surface area contributed by atoms with E-state index >= 15 is 0 Å². The van der Waals surface area contributed by atoms with E-state index in [2.05, 4.69) is 63.5 Å². The molecule has 0 aromatic heterocycles. The summed E-state index contributed by atoms with van der Waals surface area (Å²) in [6.45, 7) is 12.0. The van der Waals surface area contributed by atoms with Crippen LogP contribution < -0.4 is 15.4 Å². The highest BCUT2D eigenvalue weighted by Crippen LogP contribution is 2.29. The number of guanidine groups is 1. The number of benzene rings is 1. The third kappa shape index (κ3) is 4.93. The minimum atomic E-state index is 0.170. The van der Waals surface area contributed by atoms with Gasteiger partial charge in [-0.1, -0.05) is 19.1 Å². The van der Waals surface area contributed by atoms with E-state index in [4.69, 9.17) is 9.73 Å². The van der Waals surface area contributed by atoms with Crippen molar-refractivity contribution in [2.24, 2.45) is 10.9 Å². The normalized spacial score (nSPS) is 20.9. The Morgan fingerprint density at radius 1 is 1.41 bits per heavy atom. The molecule has 4 nitrogen and oxygen atoms in total. The van der Waals surface area contributed by atoms with E-state index in [1.165, 1.54) is 12.0 Å². The maximum Gasteiger partial charge on any atom is 0.191 e. The number of nitrogens with one attached hydrogen (secondary N) is 2. The average molecular weight is 303 g/mol. The van der Waals surface area contributed by atoms with Gasteiger partial charge in [0.05, 0.1) is 12.6 Å². The van der Waals surface area contributed by atoms with Gasteiger partial charge >= 0.3 is 0 Å². The molecule has 2 N–H and O–H groups in total. The van der Waals surface area contributed by atoms with Crippen LogP contribution in [0.4, 0.5) is 0 Å². The quantitative estimate of drug-likeness (QED) is 0.626. The van der Waals surface area contributed by atoms with Gasteiger partial charge in [-0.15, -0.1) is 0 Å². The number of ether oxygens (including phenoxy) is 1. The molecule has 0 aliphatic heterocycles. The summed E-state index contributed by atoms with van der Waals surface area (Å²) in [5.74, 6) is 2.59. The number of rotatable bonds is 6. The first-order chi connectivity index (χ1) is 10.5. The molecule has 1 aromatic carbocycles. The second-order valence-corrected chi connectivity index (χ2v) is 6.44. The number of hydrogen-bond acceptors (Lipinski definition) is 2. The molecule has 1 aliphatic carbocycles. The first-order valence-electron chi connectivity index (χ1n) is 8.30. The molecule has 1 saturated carbocycles. The Bertz CT molecular complexity index is 525. The minimum absolute atomic E-state index is 0.170. The molecule has 1 aliphatic rings. The highest BCUT2D eigenvalue weighted by atomic mass is 16.5. The molecule has 0 radical (unpaired) electrons. The molecule has 0 heterocycles. The molecular weight excluding hydrogens is 274 g/mol. The van der Waals surface area contributed by atoms with Gasteiger partial charge in [0.25, 0.3) is 0 Å². The second kappa shape index (κ2) is 7.52. The van der Waals surface area contributed by atoms with Crippen molar-refractivity contribution in [2.45, 2.75) is 59.7 Å². The summed E-state index contributed by atoms with van der Waals surface area (Å²) in [5, 5.41) is 6.80. The molecule has 1 aromatic rings. The van der Waals surface area contributed by atoms with Gasteiger partial charge in [-0.25, -0.2) is 4.99 Å². The van der Waals surface area contributed by atoms with E-state index < -0.39 is 0 Å². The van der Waals surface area contributed by atoms with Gasteiger partial charge in [0, 0.05) is 18.2 Å². The lowest BCUT2D eigenvalue weighted by Gasteiger charge is -2.15. The Labute approximate surface area is 134 Å². The number of aliphatic imine (C=N–C) groups is 1. The molecule has 0 bridgehead atoms. The van der Waals surface area contributed by atoms with Crippen molar-refractivity contribution in [3.05, 3.63) is 29.3 Å². The van der Waals surface area contributed by atoms with Crippen molar-refractivity contribution in [1.82, 2.24) is 10.6 Å². The van der Waals surface area contributed by atoms with E-state index in [1.54, 1.807) is 0 Å². The molecular formula is C18H29N3O. The zero-order chi connectivity index (χ0) is 16.1. The van der Waals surface area contributed by atoms with Crippen LogP contribution in [0.2, 0.25) is 0 Å². The standard InChI is InChI=1S/C18H29N3O/c1-6-19-18(21-16-10-14(16)5)20-11-15-8-7-13(4)9-17(15)22-12(2)3/h7-9,12,14,16H,6,10-11H2,1-5H3,(H2,19,20,21). The Kier molecular flexibility index (Phi) is 5.69. The van der Waals surface area contributed by atoms with Crippen molar-refractivity contribution in [3.63, 3.8) is 0 Å². The van der Waals surface area contributed by atoms with Crippen molar-refractivity contribution < 1.29 is 4.74 Å². The van der Waals surface area contributed by atoms with Crippen molar-refractivity contribution in [1.29, 1.82) is 0 Å². The van der Waals surface area contributed by atoms with Crippen LogP contribution in [0.3, 0.4) is 0 Å². The molecule has 2 atom stereocenters. The van der Waals surface area contributed by atoms with Crippen LogP contribution in [-0.4, -0.2) is 24.7 Å². The maximum atomic E-state index is 5.92. The summed E-state index contributed by atoms with van der Waals surface area (Å²) in [6, 6.07) is 6.89. The lowest BCUT2D eigenvalue weighted by molar-refractivity contribution is 0.240. The molecule has 0 saturated heterocycles. The van der Waals surface area contributed by atoms with Crippen LogP contribution in [0.1, 0.15) is 45.2 Å². The largest absolute Gasteiger partial charge is 0.491 e. The van der Waals surface area contributed by atoms with Gasteiger partial charge in [0.15, 0.2) is 5.96 Å². The lowest BCUT2D eigenvalue weighted by atomic mass is 10.1. The molecule has 1 fully saturated rings. The number of aryl methyl sites for hydroxylation is 1. The van der Waals surface area contributed by atoms with Gasteiger partial charge in [-0.05, 0) is 51.7 Å². The fourth-order valence-corrected chi connectivity index (χ4v) is 2.34. The molecule has 4 heteroatoms. The first kappa shape index (κ1) is 16.7. The van der Waals surface area contributed by atoms with E-state index in [1.807, 2.05) is 0 Å². The van der Waals surface area contributed by atoms with Crippen LogP contribution in [0.5, 0.6) is 5.75 Å². The summed E-state index contributed by atoms with van der Waals surface area (Å²) >= 11 is 0. The third-order valence-electron chi connectivity index (χ3n) is 3.77. The van der Waals surface area contributed by atoms with E-state index in [0.29, 0.717) is 12.6 Å². The summed E-state index contributed by atoms with van der Waals surface area (Å²) < 4.78 is 5.92. The summed E-state index contributed by atoms with van der Waals surface area (Å²) in [5.41, 5.74) is 2.33. The summed E-state index contributed by atoms with van der Waals surface area (Å²) in [7, 11) is 0. The lowest BCUT2D eigenvalue weighted by Crippen LogP contribution is -2.39. The van der Waals surface area contributed by atoms with Crippen LogP contribution in [0.15, 0.2) is 23.2 Å². The predicted molar refractivity (Wildman–Crippen MR) is 92.5 cm³/mol. The zero-order valence-corrected chi connectivity index (χ0v) is 14.4. The molecule has 2 unspecified atom stereocenters. The van der Waals surface area contributed by atoms with E-state index in [-0.39, 0.29) is 6.10 Å². The second-order valence-electron chi connectivity index (χ2n) is 6.44. The Morgan fingerprint density at radius 2 is 2.14 bits per heavy atom. The minimum Gasteiger partial charge on any atom is -0.491 e. The maximum absolute atomic E-state index is 5.92. The van der Waals surface area contributed by atoms with Crippen molar-refractivity contribution in [3.8, 4) is 5.75 Å². The fraction of sp³-hybridized carbons (Fsp3) is 0.611. The van der Waals surface area contributed by atoms with Gasteiger partial charge < -0.3 is 15.4 Å². The fourth-order valence-electron chi connectivity index (χ4n) is 2.34. The topological polar surface area (TPSA) is 45.7 Å². The van der Waals surface area contributed by atoms with Gasteiger partial charge in [-0.3, -0.25) is 0 Å². The van der Waals surface area contributed by atoms with Crippen LogP contribution in [0.25, 0.3) is 0 Å². The molecule has 0 spiro atoms. The van der Waals surface area contributed by atoms with E-state index in [9.17, 15) is 0 Å². The van der Waals surface area contributed by atoms with Crippen molar-refractivity contribution >= 4 is 5.96 Å². The molecule has 2 rings (SSSR count). The number of nitrogens with zero attached hydrogens (tertiary/aromatic N) is 1. The molecule has 0 amide bonds. The van der Waals surface area contributed by atoms with Gasteiger partial charge in [-0.2, -0.15) is 0 Å². The predicted octanol–water partition coefficient (Wildman–Crippen LogP) is 3.25. The molecule has 122 valence electrons. The van der Waals surface area contributed by atoms with E-state index in [0.717, 1.165) is 29.7 Å². The highest BCUT2D eigenvalue weighted by molar-refractivity contribution is 5.80. The SMILES string of the molecule is CCNC(=NCc1ccc(C)cc1OC(C)C)NC1CC1C. The first-order valence-corrected chi connectivity index (χ1v) is 8.30. The average Bonchev–Trinajstić information content (AvgIpc) is 3.12. The Morgan fingerprint density at radius 3 is 2.73 bits per heavy atom. The van der Waals surface area contributed by atoms with Gasteiger partial charge in [0.2, 0.25) is 0 Å². The smallest absolute Gasteiger partial charge is 0.191 e. The number of hydrogen-bond donors (Lipinski definition) is 2. The van der Waals surface area contributed by atoms with Crippen LogP contribution >= 0.6 is 0 Å². The van der Waals surface area contributed by atoms with Crippen LogP contribution in [-0.2, 0) is 6.54 Å². The third-order valence-corrected chi connectivity index (χ3v) is 3.77.